The van der Waals surface area contributed by atoms with Gasteiger partial charge in [0.15, 0.2) is 5.82 Å². The molecule has 0 aliphatic rings. The molecule has 0 saturated heterocycles. The fraction of sp³-hybridized carbons (Fsp3) is 0.300. The van der Waals surface area contributed by atoms with Crippen molar-refractivity contribution < 1.29 is 4.74 Å². The first-order valence-corrected chi connectivity index (χ1v) is 5.09. The van der Waals surface area contributed by atoms with E-state index < -0.39 is 0 Å². The summed E-state index contributed by atoms with van der Waals surface area (Å²) in [4.78, 5) is 8.41. The van der Waals surface area contributed by atoms with Gasteiger partial charge in [-0.05, 0) is 6.07 Å². The van der Waals surface area contributed by atoms with Gasteiger partial charge in [0.1, 0.15) is 11.8 Å². The summed E-state index contributed by atoms with van der Waals surface area (Å²) in [5.41, 5.74) is 1.63. The number of hydrogen-bond donors (Lipinski definition) is 0. The summed E-state index contributed by atoms with van der Waals surface area (Å²) < 4.78 is 6.71. The van der Waals surface area contributed by atoms with E-state index in [0.717, 1.165) is 11.4 Å². The Morgan fingerprint density at radius 3 is 2.88 bits per heavy atom. The topological polar surface area (TPSA) is 52.8 Å². The number of rotatable bonds is 3. The first-order valence-electron chi connectivity index (χ1n) is 4.71. The summed E-state index contributed by atoms with van der Waals surface area (Å²) in [5.74, 6) is 0.561. The fourth-order valence-electron chi connectivity index (χ4n) is 1.41. The van der Waals surface area contributed by atoms with Crippen molar-refractivity contribution in [3.63, 3.8) is 0 Å². The molecule has 84 valence electrons. The van der Waals surface area contributed by atoms with Crippen molar-refractivity contribution in [2.24, 2.45) is 7.05 Å². The third-order valence-corrected chi connectivity index (χ3v) is 2.29. The lowest BCUT2D eigenvalue weighted by Gasteiger charge is -2.04. The quantitative estimate of drug-likeness (QED) is 0.764. The molecule has 0 unspecified atom stereocenters. The van der Waals surface area contributed by atoms with Crippen molar-refractivity contribution in [2.45, 2.75) is 6.61 Å². The molecular weight excluding hydrogens is 228 g/mol. The van der Waals surface area contributed by atoms with Crippen molar-refractivity contribution in [2.75, 3.05) is 7.11 Å². The van der Waals surface area contributed by atoms with E-state index in [1.54, 1.807) is 24.1 Å². The van der Waals surface area contributed by atoms with Gasteiger partial charge in [0.2, 0.25) is 0 Å². The number of hydrogen-bond acceptors (Lipinski definition) is 4. The van der Waals surface area contributed by atoms with E-state index >= 15 is 0 Å². The summed E-state index contributed by atoms with van der Waals surface area (Å²) in [6.45, 7) is 0.339. The van der Waals surface area contributed by atoms with E-state index in [1.807, 2.05) is 13.1 Å². The molecule has 2 aromatic heterocycles. The molecule has 0 N–H and O–H groups in total. The van der Waals surface area contributed by atoms with Crippen molar-refractivity contribution in [3.8, 4) is 11.4 Å². The Morgan fingerprint density at radius 2 is 2.25 bits per heavy atom. The highest BCUT2D eigenvalue weighted by atomic mass is 35.5. The molecular formula is C10H11ClN4O. The third-order valence-electron chi connectivity index (χ3n) is 2.10. The molecule has 0 fully saturated rings. The number of nitrogens with zero attached hydrogens (tertiary/aromatic N) is 4. The van der Waals surface area contributed by atoms with E-state index in [2.05, 4.69) is 15.1 Å². The minimum Gasteiger partial charge on any atom is -0.377 e. The summed E-state index contributed by atoms with van der Waals surface area (Å²) in [5, 5.41) is 4.48. The Labute approximate surface area is 98.0 Å². The summed E-state index contributed by atoms with van der Waals surface area (Å²) in [7, 11) is 3.44. The maximum absolute atomic E-state index is 5.92. The Balaban J connectivity index is 2.45. The largest absolute Gasteiger partial charge is 0.377 e. The van der Waals surface area contributed by atoms with Crippen LogP contribution in [0.2, 0.25) is 5.15 Å². The summed E-state index contributed by atoms with van der Waals surface area (Å²) in [6, 6.07) is 3.58. The van der Waals surface area contributed by atoms with E-state index in [4.69, 9.17) is 16.3 Å². The minimum atomic E-state index is 0.339. The molecule has 2 heterocycles. The van der Waals surface area contributed by atoms with Crippen LogP contribution in [0.3, 0.4) is 0 Å². The molecule has 0 aromatic carbocycles. The predicted octanol–water partition coefficient (Wildman–Crippen LogP) is 1.68. The zero-order chi connectivity index (χ0) is 11.5. The van der Waals surface area contributed by atoms with Crippen LogP contribution in [0.25, 0.3) is 11.4 Å². The van der Waals surface area contributed by atoms with Crippen LogP contribution in [0.4, 0.5) is 0 Å². The molecule has 16 heavy (non-hydrogen) atoms. The number of ether oxygens (including phenoxy) is 1. The van der Waals surface area contributed by atoms with Gasteiger partial charge in [-0.2, -0.15) is 5.10 Å². The highest BCUT2D eigenvalue weighted by Gasteiger charge is 2.08. The fourth-order valence-corrected chi connectivity index (χ4v) is 1.62. The number of halogens is 1. The standard InChI is InChI=1S/C10H11ClN4O/c1-15-8(3-4-12-15)7-5-9(11)14-10(13-7)6-16-2/h3-5H,6H2,1-2H3. The minimum absolute atomic E-state index is 0.339. The molecule has 6 heteroatoms. The molecule has 2 aromatic rings. The van der Waals surface area contributed by atoms with Gasteiger partial charge in [0.25, 0.3) is 0 Å². The van der Waals surface area contributed by atoms with Crippen LogP contribution in [-0.2, 0) is 18.4 Å². The average molecular weight is 239 g/mol. The Kier molecular flexibility index (Phi) is 3.17. The second-order valence-electron chi connectivity index (χ2n) is 3.27. The van der Waals surface area contributed by atoms with Gasteiger partial charge < -0.3 is 4.74 Å². The molecule has 0 amide bonds. The number of methoxy groups -OCH3 is 1. The van der Waals surface area contributed by atoms with Crippen LogP contribution in [0.1, 0.15) is 5.82 Å². The molecule has 0 radical (unpaired) electrons. The smallest absolute Gasteiger partial charge is 0.156 e. The lowest BCUT2D eigenvalue weighted by molar-refractivity contribution is 0.178. The van der Waals surface area contributed by atoms with Crippen molar-refractivity contribution in [1.82, 2.24) is 19.7 Å². The first kappa shape index (κ1) is 11.0. The van der Waals surface area contributed by atoms with Crippen LogP contribution >= 0.6 is 11.6 Å². The summed E-state index contributed by atoms with van der Waals surface area (Å²) in [6.07, 6.45) is 1.71. The molecule has 0 atom stereocenters. The number of aryl methyl sites for hydroxylation is 1. The number of aromatic nitrogens is 4. The Hall–Kier alpha value is -1.46. The van der Waals surface area contributed by atoms with Gasteiger partial charge in [-0.15, -0.1) is 0 Å². The lowest BCUT2D eigenvalue weighted by atomic mass is 10.3. The zero-order valence-electron chi connectivity index (χ0n) is 9.01. The second-order valence-corrected chi connectivity index (χ2v) is 3.65. The van der Waals surface area contributed by atoms with E-state index in [9.17, 15) is 0 Å². The van der Waals surface area contributed by atoms with Crippen LogP contribution in [0, 0.1) is 0 Å². The van der Waals surface area contributed by atoms with E-state index in [1.165, 1.54) is 0 Å². The maximum Gasteiger partial charge on any atom is 0.156 e. The van der Waals surface area contributed by atoms with Gasteiger partial charge in [0.05, 0.1) is 11.4 Å². The molecule has 2 rings (SSSR count). The van der Waals surface area contributed by atoms with Crippen LogP contribution < -0.4 is 0 Å². The van der Waals surface area contributed by atoms with Gasteiger partial charge >= 0.3 is 0 Å². The van der Waals surface area contributed by atoms with E-state index in [0.29, 0.717) is 17.6 Å². The lowest BCUT2D eigenvalue weighted by Crippen LogP contribution is -2.01. The Bertz CT molecular complexity index is 497. The zero-order valence-corrected chi connectivity index (χ0v) is 9.77. The average Bonchev–Trinajstić information content (AvgIpc) is 2.64. The van der Waals surface area contributed by atoms with Crippen molar-refractivity contribution in [3.05, 3.63) is 29.3 Å². The normalized spacial score (nSPS) is 10.7. The molecule has 5 nitrogen and oxygen atoms in total. The van der Waals surface area contributed by atoms with Gasteiger partial charge in [-0.3, -0.25) is 4.68 Å². The molecule has 0 bridgehead atoms. The summed E-state index contributed by atoms with van der Waals surface area (Å²) >= 11 is 5.92. The van der Waals surface area contributed by atoms with Gasteiger partial charge in [-0.25, -0.2) is 9.97 Å². The van der Waals surface area contributed by atoms with Crippen LogP contribution in [0.15, 0.2) is 18.3 Å². The van der Waals surface area contributed by atoms with Gasteiger partial charge in [0, 0.05) is 26.4 Å². The highest BCUT2D eigenvalue weighted by molar-refractivity contribution is 6.29. The second kappa shape index (κ2) is 4.59. The predicted molar refractivity (Wildman–Crippen MR) is 60.0 cm³/mol. The highest BCUT2D eigenvalue weighted by Crippen LogP contribution is 2.19. The maximum atomic E-state index is 5.92. The first-order chi connectivity index (χ1) is 7.70. The monoisotopic (exact) mass is 238 g/mol. The van der Waals surface area contributed by atoms with Crippen LogP contribution in [-0.4, -0.2) is 26.9 Å². The molecule has 0 spiro atoms. The molecule has 0 aliphatic heterocycles. The molecule has 0 saturated carbocycles. The molecule has 0 aliphatic carbocycles. The third kappa shape index (κ3) is 2.20. The van der Waals surface area contributed by atoms with Gasteiger partial charge in [-0.1, -0.05) is 11.6 Å². The van der Waals surface area contributed by atoms with E-state index in [-0.39, 0.29) is 0 Å². The SMILES string of the molecule is COCc1nc(Cl)cc(-c2ccnn2C)n1. The van der Waals surface area contributed by atoms with Crippen molar-refractivity contribution in [1.29, 1.82) is 0 Å². The Morgan fingerprint density at radius 1 is 1.44 bits per heavy atom. The van der Waals surface area contributed by atoms with Crippen LogP contribution in [0.5, 0.6) is 0 Å². The van der Waals surface area contributed by atoms with Crippen molar-refractivity contribution >= 4 is 11.6 Å².